The summed E-state index contributed by atoms with van der Waals surface area (Å²) in [6.07, 6.45) is 2.39. The first-order valence-corrected chi connectivity index (χ1v) is 3.86. The molecule has 2 heterocycles. The Bertz CT molecular complexity index is 563. The van der Waals surface area contributed by atoms with Crippen molar-refractivity contribution < 1.29 is 4.39 Å². The van der Waals surface area contributed by atoms with Crippen molar-refractivity contribution in [3.63, 3.8) is 0 Å². The summed E-state index contributed by atoms with van der Waals surface area (Å²) in [5.41, 5.74) is -0.943. The molecule has 0 aliphatic heterocycles. The number of fused-ring (bicyclic) bond motifs is 1. The molecule has 0 unspecified atom stereocenters. The topological polar surface area (TPSA) is 67.2 Å². The van der Waals surface area contributed by atoms with Gasteiger partial charge in [0.2, 0.25) is 11.6 Å². The summed E-state index contributed by atoms with van der Waals surface area (Å²) in [5.74, 6) is -0.880. The first kappa shape index (κ1) is 8.61. The molecule has 5 nitrogen and oxygen atoms in total. The summed E-state index contributed by atoms with van der Waals surface area (Å²) in [5, 5.41) is 0. The average molecular weight is 195 g/mol. The number of hydrogen-bond donors (Lipinski definition) is 1. The van der Waals surface area contributed by atoms with Crippen LogP contribution in [0.2, 0.25) is 0 Å². The van der Waals surface area contributed by atoms with E-state index in [0.717, 1.165) is 6.20 Å². The summed E-state index contributed by atoms with van der Waals surface area (Å²) in [4.78, 5) is 27.6. The molecule has 14 heavy (non-hydrogen) atoms. The number of aromatic amines is 1. The molecule has 72 valence electrons. The van der Waals surface area contributed by atoms with Crippen molar-refractivity contribution in [3.8, 4) is 0 Å². The minimum absolute atomic E-state index is 0.0343. The third kappa shape index (κ3) is 1.20. The first-order valence-electron chi connectivity index (χ1n) is 3.86. The van der Waals surface area contributed by atoms with Crippen molar-refractivity contribution in [1.29, 1.82) is 0 Å². The minimum atomic E-state index is -0.914. The Labute approximate surface area is 76.9 Å². The van der Waals surface area contributed by atoms with Crippen LogP contribution < -0.4 is 11.1 Å². The van der Waals surface area contributed by atoms with Gasteiger partial charge in [-0.2, -0.15) is 9.37 Å². The van der Waals surface area contributed by atoms with Crippen molar-refractivity contribution in [3.05, 3.63) is 44.5 Å². The lowest BCUT2D eigenvalue weighted by atomic mass is 10.4. The largest absolute Gasteiger partial charge is 0.291 e. The van der Waals surface area contributed by atoms with Crippen LogP contribution in [-0.4, -0.2) is 14.4 Å². The van der Waals surface area contributed by atoms with Gasteiger partial charge >= 0.3 is 0 Å². The Morgan fingerprint density at radius 1 is 1.43 bits per heavy atom. The standard InChI is InChI=1S/C8H6FN3O2/c1-4-2-12-3-5(9)7(14)11-8(12)10-6(4)13/h2-3H,1H3,(H,10,11,13,14). The van der Waals surface area contributed by atoms with Gasteiger partial charge in [-0.1, -0.05) is 0 Å². The van der Waals surface area contributed by atoms with Gasteiger partial charge in [0.25, 0.3) is 11.1 Å². The molecular weight excluding hydrogens is 189 g/mol. The zero-order valence-electron chi connectivity index (χ0n) is 7.24. The molecule has 6 heteroatoms. The fourth-order valence-corrected chi connectivity index (χ4v) is 1.10. The summed E-state index contributed by atoms with van der Waals surface area (Å²) < 4.78 is 14.1. The number of rotatable bonds is 0. The van der Waals surface area contributed by atoms with Crippen molar-refractivity contribution >= 4 is 5.78 Å². The van der Waals surface area contributed by atoms with E-state index in [9.17, 15) is 14.0 Å². The Hall–Kier alpha value is -1.98. The highest BCUT2D eigenvalue weighted by molar-refractivity contribution is 5.27. The van der Waals surface area contributed by atoms with E-state index < -0.39 is 16.9 Å². The van der Waals surface area contributed by atoms with E-state index in [1.165, 1.54) is 10.6 Å². The summed E-state index contributed by atoms with van der Waals surface area (Å²) in [6.45, 7) is 1.56. The van der Waals surface area contributed by atoms with Gasteiger partial charge in [-0.15, -0.1) is 0 Å². The number of hydrogen-bond acceptors (Lipinski definition) is 3. The van der Waals surface area contributed by atoms with E-state index in [-0.39, 0.29) is 5.78 Å². The molecule has 0 amide bonds. The second-order valence-electron chi connectivity index (χ2n) is 2.89. The third-order valence-corrected chi connectivity index (χ3v) is 1.82. The molecule has 0 atom stereocenters. The molecule has 0 aliphatic carbocycles. The van der Waals surface area contributed by atoms with E-state index in [4.69, 9.17) is 0 Å². The van der Waals surface area contributed by atoms with Gasteiger partial charge in [0.15, 0.2) is 0 Å². The van der Waals surface area contributed by atoms with Gasteiger partial charge < -0.3 is 0 Å². The first-order chi connectivity index (χ1) is 6.58. The minimum Gasteiger partial charge on any atom is -0.291 e. The monoisotopic (exact) mass is 195 g/mol. The lowest BCUT2D eigenvalue weighted by Gasteiger charge is -1.99. The van der Waals surface area contributed by atoms with Crippen LogP contribution in [0.15, 0.2) is 22.0 Å². The molecule has 0 saturated carbocycles. The fraction of sp³-hybridized carbons (Fsp3) is 0.125. The maximum atomic E-state index is 12.8. The third-order valence-electron chi connectivity index (χ3n) is 1.82. The maximum absolute atomic E-state index is 12.8. The van der Waals surface area contributed by atoms with Crippen LogP contribution in [0.1, 0.15) is 5.56 Å². The molecule has 0 aromatic carbocycles. The summed E-state index contributed by atoms with van der Waals surface area (Å²) in [7, 11) is 0. The van der Waals surface area contributed by atoms with Crippen LogP contribution in [0.4, 0.5) is 4.39 Å². The van der Waals surface area contributed by atoms with Gasteiger partial charge in [-0.05, 0) is 6.92 Å². The second kappa shape index (κ2) is 2.76. The highest BCUT2D eigenvalue weighted by Gasteiger charge is 2.03. The van der Waals surface area contributed by atoms with Crippen molar-refractivity contribution in [2.24, 2.45) is 0 Å². The Kier molecular flexibility index (Phi) is 1.70. The van der Waals surface area contributed by atoms with Crippen molar-refractivity contribution in [2.45, 2.75) is 6.92 Å². The highest BCUT2D eigenvalue weighted by Crippen LogP contribution is 1.94. The van der Waals surface area contributed by atoms with E-state index in [0.29, 0.717) is 5.56 Å². The van der Waals surface area contributed by atoms with Crippen molar-refractivity contribution in [1.82, 2.24) is 14.4 Å². The molecule has 0 bridgehead atoms. The molecule has 2 aromatic rings. The summed E-state index contributed by atoms with van der Waals surface area (Å²) in [6, 6.07) is 0. The quantitative estimate of drug-likeness (QED) is 0.634. The van der Waals surface area contributed by atoms with Crippen LogP contribution in [0.5, 0.6) is 0 Å². The van der Waals surface area contributed by atoms with E-state index in [1.807, 2.05) is 0 Å². The van der Waals surface area contributed by atoms with Crippen LogP contribution >= 0.6 is 0 Å². The van der Waals surface area contributed by atoms with E-state index >= 15 is 0 Å². The lowest BCUT2D eigenvalue weighted by molar-refractivity contribution is 0.597. The highest BCUT2D eigenvalue weighted by atomic mass is 19.1. The molecule has 0 fully saturated rings. The summed E-state index contributed by atoms with van der Waals surface area (Å²) >= 11 is 0. The Morgan fingerprint density at radius 2 is 2.14 bits per heavy atom. The Morgan fingerprint density at radius 3 is 2.86 bits per heavy atom. The molecule has 2 rings (SSSR count). The smallest absolute Gasteiger partial charge is 0.288 e. The molecule has 0 spiro atoms. The molecular formula is C8H6FN3O2. The number of halogens is 1. The Balaban J connectivity index is 2.97. The van der Waals surface area contributed by atoms with E-state index in [1.54, 1.807) is 6.92 Å². The SMILES string of the molecule is Cc1cn2cc(F)c(=O)[nH]c2nc1=O. The zero-order chi connectivity index (χ0) is 10.3. The van der Waals surface area contributed by atoms with Gasteiger partial charge in [0.1, 0.15) is 0 Å². The molecule has 0 aliphatic rings. The fourth-order valence-electron chi connectivity index (χ4n) is 1.10. The van der Waals surface area contributed by atoms with Crippen LogP contribution in [-0.2, 0) is 0 Å². The molecule has 0 saturated heterocycles. The molecule has 2 aromatic heterocycles. The average Bonchev–Trinajstić information content (AvgIpc) is 2.11. The number of aryl methyl sites for hydroxylation is 1. The van der Waals surface area contributed by atoms with Gasteiger partial charge in [0, 0.05) is 11.8 Å². The van der Waals surface area contributed by atoms with E-state index in [2.05, 4.69) is 9.97 Å². The van der Waals surface area contributed by atoms with Crippen LogP contribution in [0.3, 0.4) is 0 Å². The van der Waals surface area contributed by atoms with Crippen LogP contribution in [0, 0.1) is 12.7 Å². The number of aromatic nitrogens is 3. The van der Waals surface area contributed by atoms with Crippen LogP contribution in [0.25, 0.3) is 5.78 Å². The zero-order valence-corrected chi connectivity index (χ0v) is 7.24. The number of H-pyrrole nitrogens is 1. The number of nitrogens with one attached hydrogen (secondary N) is 1. The predicted octanol–water partition coefficient (Wildman–Crippen LogP) is -0.170. The maximum Gasteiger partial charge on any atom is 0.288 e. The predicted molar refractivity (Wildman–Crippen MR) is 46.8 cm³/mol. The lowest BCUT2D eigenvalue weighted by Crippen LogP contribution is -2.19. The van der Waals surface area contributed by atoms with Gasteiger partial charge in [-0.3, -0.25) is 19.0 Å². The second-order valence-corrected chi connectivity index (χ2v) is 2.89. The number of nitrogens with zero attached hydrogens (tertiary/aromatic N) is 2. The van der Waals surface area contributed by atoms with Crippen molar-refractivity contribution in [2.75, 3.05) is 0 Å². The molecule has 1 N–H and O–H groups in total. The van der Waals surface area contributed by atoms with Gasteiger partial charge in [-0.25, -0.2) is 0 Å². The normalized spacial score (nSPS) is 10.7. The molecule has 0 radical (unpaired) electrons. The van der Waals surface area contributed by atoms with Gasteiger partial charge in [0.05, 0.1) is 6.20 Å².